The number of methoxy groups -OCH3 is 1. The monoisotopic (exact) mass is 446 g/mol. The third kappa shape index (κ3) is 7.38. The second-order valence-corrected chi connectivity index (χ2v) is 7.67. The number of hydrogen-bond donors (Lipinski definition) is 1. The van der Waals surface area contributed by atoms with Gasteiger partial charge in [0.05, 0.1) is 7.11 Å². The average Bonchev–Trinajstić information content (AvgIpc) is 2.87. The Bertz CT molecular complexity index is 1010. The highest BCUT2D eigenvalue weighted by Gasteiger charge is 2.26. The highest BCUT2D eigenvalue weighted by atomic mass is 16.5. The standard InChI is InChI=1S/C27H30N2O4/c1-21(27(31)28-18-17-22-13-15-24(32-2)16-14-22)29(19-23-9-5-3-6-10-23)26(30)20-33-25-11-7-4-8-12-25/h3-16,21H,17-20H2,1-2H3,(H,28,31). The molecule has 0 aliphatic heterocycles. The zero-order valence-electron chi connectivity index (χ0n) is 19.1. The number of amides is 2. The minimum atomic E-state index is -0.645. The number of benzene rings is 3. The van der Waals surface area contributed by atoms with Crippen molar-refractivity contribution in [2.45, 2.75) is 25.9 Å². The lowest BCUT2D eigenvalue weighted by atomic mass is 10.1. The molecule has 1 unspecified atom stereocenters. The van der Waals surface area contributed by atoms with Gasteiger partial charge in [-0.2, -0.15) is 0 Å². The van der Waals surface area contributed by atoms with E-state index in [9.17, 15) is 9.59 Å². The Morgan fingerprint density at radius 2 is 1.48 bits per heavy atom. The molecule has 1 atom stereocenters. The third-order valence-corrected chi connectivity index (χ3v) is 5.34. The van der Waals surface area contributed by atoms with Crippen molar-refractivity contribution in [2.24, 2.45) is 0 Å². The van der Waals surface area contributed by atoms with Crippen molar-refractivity contribution in [3.05, 3.63) is 96.1 Å². The molecule has 3 aromatic rings. The van der Waals surface area contributed by atoms with Crippen LogP contribution in [0.15, 0.2) is 84.9 Å². The molecule has 3 aromatic carbocycles. The summed E-state index contributed by atoms with van der Waals surface area (Å²) in [7, 11) is 1.63. The molecule has 6 nitrogen and oxygen atoms in total. The van der Waals surface area contributed by atoms with Gasteiger partial charge < -0.3 is 19.7 Å². The maximum atomic E-state index is 13.0. The van der Waals surface area contributed by atoms with E-state index in [1.165, 1.54) is 0 Å². The van der Waals surface area contributed by atoms with E-state index in [2.05, 4.69) is 5.32 Å². The van der Waals surface area contributed by atoms with E-state index in [0.29, 0.717) is 25.3 Å². The average molecular weight is 447 g/mol. The molecule has 0 spiro atoms. The van der Waals surface area contributed by atoms with E-state index in [-0.39, 0.29) is 18.4 Å². The molecular formula is C27H30N2O4. The summed E-state index contributed by atoms with van der Waals surface area (Å²) in [6, 6.07) is 25.9. The van der Waals surface area contributed by atoms with Gasteiger partial charge in [0.25, 0.3) is 5.91 Å². The molecule has 0 aromatic heterocycles. The van der Waals surface area contributed by atoms with Gasteiger partial charge in [-0.3, -0.25) is 9.59 Å². The molecule has 0 aliphatic rings. The Kier molecular flexibility index (Phi) is 8.88. The number of ether oxygens (including phenoxy) is 2. The Morgan fingerprint density at radius 1 is 0.848 bits per heavy atom. The predicted octanol–water partition coefficient (Wildman–Crippen LogP) is 3.85. The van der Waals surface area contributed by atoms with Crippen LogP contribution >= 0.6 is 0 Å². The van der Waals surface area contributed by atoms with E-state index in [4.69, 9.17) is 9.47 Å². The first-order chi connectivity index (χ1) is 16.1. The first kappa shape index (κ1) is 23.9. The van der Waals surface area contributed by atoms with Crippen molar-refractivity contribution in [2.75, 3.05) is 20.3 Å². The Balaban J connectivity index is 1.60. The summed E-state index contributed by atoms with van der Waals surface area (Å²) < 4.78 is 10.8. The molecule has 1 N–H and O–H groups in total. The van der Waals surface area contributed by atoms with E-state index in [1.54, 1.807) is 31.1 Å². The number of carbonyl (C=O) groups excluding carboxylic acids is 2. The second-order valence-electron chi connectivity index (χ2n) is 7.67. The van der Waals surface area contributed by atoms with Gasteiger partial charge in [0, 0.05) is 13.1 Å². The van der Waals surface area contributed by atoms with Crippen LogP contribution in [0.4, 0.5) is 0 Å². The van der Waals surface area contributed by atoms with Gasteiger partial charge in [-0.05, 0) is 48.7 Å². The summed E-state index contributed by atoms with van der Waals surface area (Å²) in [6.07, 6.45) is 0.687. The van der Waals surface area contributed by atoms with E-state index in [0.717, 1.165) is 16.9 Å². The summed E-state index contributed by atoms with van der Waals surface area (Å²) in [5.41, 5.74) is 2.04. The van der Waals surface area contributed by atoms with Gasteiger partial charge in [-0.15, -0.1) is 0 Å². The molecule has 6 heteroatoms. The van der Waals surface area contributed by atoms with Gasteiger partial charge in [-0.1, -0.05) is 60.7 Å². The summed E-state index contributed by atoms with van der Waals surface area (Å²) in [4.78, 5) is 27.5. The van der Waals surface area contributed by atoms with Crippen molar-refractivity contribution in [1.29, 1.82) is 0 Å². The topological polar surface area (TPSA) is 67.9 Å². The number of nitrogens with one attached hydrogen (secondary N) is 1. The number of carbonyl (C=O) groups is 2. The Morgan fingerprint density at radius 3 is 2.12 bits per heavy atom. The van der Waals surface area contributed by atoms with Crippen LogP contribution in [-0.2, 0) is 22.6 Å². The number of nitrogens with zero attached hydrogens (tertiary/aromatic N) is 1. The van der Waals surface area contributed by atoms with Crippen LogP contribution in [0, 0.1) is 0 Å². The fourth-order valence-electron chi connectivity index (χ4n) is 3.38. The molecule has 3 rings (SSSR count). The lowest BCUT2D eigenvalue weighted by molar-refractivity contribution is -0.142. The zero-order chi connectivity index (χ0) is 23.5. The highest BCUT2D eigenvalue weighted by Crippen LogP contribution is 2.13. The molecule has 172 valence electrons. The fraction of sp³-hybridized carbons (Fsp3) is 0.259. The van der Waals surface area contributed by atoms with Gasteiger partial charge in [0.15, 0.2) is 6.61 Å². The van der Waals surface area contributed by atoms with E-state index in [1.807, 2.05) is 72.8 Å². The molecule has 0 heterocycles. The molecule has 0 aliphatic carbocycles. The lowest BCUT2D eigenvalue weighted by Crippen LogP contribution is -2.49. The van der Waals surface area contributed by atoms with Crippen molar-refractivity contribution < 1.29 is 19.1 Å². The van der Waals surface area contributed by atoms with Crippen molar-refractivity contribution in [3.8, 4) is 11.5 Å². The first-order valence-corrected chi connectivity index (χ1v) is 11.0. The van der Waals surface area contributed by atoms with Crippen LogP contribution < -0.4 is 14.8 Å². The normalized spacial score (nSPS) is 11.3. The van der Waals surface area contributed by atoms with E-state index < -0.39 is 6.04 Å². The van der Waals surface area contributed by atoms with Crippen molar-refractivity contribution in [3.63, 3.8) is 0 Å². The minimum Gasteiger partial charge on any atom is -0.497 e. The van der Waals surface area contributed by atoms with Gasteiger partial charge >= 0.3 is 0 Å². The summed E-state index contributed by atoms with van der Waals surface area (Å²) in [5.74, 6) is 0.958. The van der Waals surface area contributed by atoms with Crippen LogP contribution in [0.5, 0.6) is 11.5 Å². The minimum absolute atomic E-state index is 0.139. The van der Waals surface area contributed by atoms with Crippen LogP contribution in [0.3, 0.4) is 0 Å². The summed E-state index contributed by atoms with van der Waals surface area (Å²) in [5, 5.41) is 2.95. The predicted molar refractivity (Wildman–Crippen MR) is 128 cm³/mol. The van der Waals surface area contributed by atoms with Gasteiger partial charge in [-0.25, -0.2) is 0 Å². The Labute approximate surface area is 195 Å². The molecular weight excluding hydrogens is 416 g/mol. The molecule has 0 saturated heterocycles. The molecule has 2 amide bonds. The SMILES string of the molecule is COc1ccc(CCNC(=O)C(C)N(Cc2ccccc2)C(=O)COc2ccccc2)cc1. The zero-order valence-corrected chi connectivity index (χ0v) is 19.1. The van der Waals surface area contributed by atoms with Gasteiger partial charge in [0.1, 0.15) is 17.5 Å². The number of hydrogen-bond acceptors (Lipinski definition) is 4. The van der Waals surface area contributed by atoms with E-state index >= 15 is 0 Å². The van der Waals surface area contributed by atoms with Gasteiger partial charge in [0.2, 0.25) is 5.91 Å². The molecule has 0 fully saturated rings. The number of para-hydroxylation sites is 1. The molecule has 0 saturated carbocycles. The first-order valence-electron chi connectivity index (χ1n) is 11.0. The lowest BCUT2D eigenvalue weighted by Gasteiger charge is -2.28. The van der Waals surface area contributed by atoms with Crippen LogP contribution in [0.25, 0.3) is 0 Å². The highest BCUT2D eigenvalue weighted by molar-refractivity contribution is 5.88. The Hall–Kier alpha value is -3.80. The molecule has 0 bridgehead atoms. The van der Waals surface area contributed by atoms with Crippen molar-refractivity contribution in [1.82, 2.24) is 10.2 Å². The fourth-order valence-corrected chi connectivity index (χ4v) is 3.38. The summed E-state index contributed by atoms with van der Waals surface area (Å²) >= 11 is 0. The smallest absolute Gasteiger partial charge is 0.261 e. The maximum absolute atomic E-state index is 13.0. The second kappa shape index (κ2) is 12.3. The van der Waals surface area contributed by atoms with Crippen molar-refractivity contribution >= 4 is 11.8 Å². The quantitative estimate of drug-likeness (QED) is 0.486. The largest absolute Gasteiger partial charge is 0.497 e. The molecule has 0 radical (unpaired) electrons. The van der Waals surface area contributed by atoms with Crippen LogP contribution in [-0.4, -0.2) is 43.0 Å². The van der Waals surface area contributed by atoms with Crippen LogP contribution in [0.1, 0.15) is 18.1 Å². The summed E-state index contributed by atoms with van der Waals surface area (Å²) in [6.45, 7) is 2.40. The molecule has 33 heavy (non-hydrogen) atoms. The maximum Gasteiger partial charge on any atom is 0.261 e. The van der Waals surface area contributed by atoms with Crippen LogP contribution in [0.2, 0.25) is 0 Å². The third-order valence-electron chi connectivity index (χ3n) is 5.34. The number of rotatable bonds is 11.